The number of nitrogens with one attached hydrogen (secondary N) is 1. The number of allylic oxidation sites excluding steroid dienone is 2. The number of rotatable bonds is 4. The average Bonchev–Trinajstić information content (AvgIpc) is 3.17. The van der Waals surface area contributed by atoms with Crippen molar-refractivity contribution >= 4 is 33.9 Å². The molecular weight excluding hydrogens is 442 g/mol. The average molecular weight is 476 g/mol. The lowest BCUT2D eigenvalue weighted by Crippen LogP contribution is -2.29. The molecule has 1 saturated heterocycles. The summed E-state index contributed by atoms with van der Waals surface area (Å²) < 4.78 is 7.45. The molecule has 8 nitrogen and oxygen atoms in total. The number of benzene rings is 1. The summed E-state index contributed by atoms with van der Waals surface area (Å²) in [5.74, 6) is -0.0719. The molecule has 8 heteroatoms. The third kappa shape index (κ3) is 4.98. The Bertz CT molecular complexity index is 1370. The van der Waals surface area contributed by atoms with Crippen molar-refractivity contribution in [2.45, 2.75) is 46.1 Å². The number of nitrogens with zero attached hydrogens (tertiary/aromatic N) is 4. The molecule has 0 unspecified atom stereocenters. The van der Waals surface area contributed by atoms with Gasteiger partial charge in [0.1, 0.15) is 0 Å². The highest BCUT2D eigenvalue weighted by Gasteiger charge is 2.23. The second-order valence-corrected chi connectivity index (χ2v) is 8.70. The van der Waals surface area contributed by atoms with Crippen LogP contribution in [0.3, 0.4) is 0 Å². The van der Waals surface area contributed by atoms with Crippen LogP contribution >= 0.6 is 0 Å². The molecule has 0 radical (unpaired) electrons. The van der Waals surface area contributed by atoms with Gasteiger partial charge in [-0.3, -0.25) is 19.3 Å². The molecule has 0 spiro atoms. The predicted octanol–water partition coefficient (Wildman–Crippen LogP) is 4.55. The molecular formula is C27H33N5O3. The Morgan fingerprint density at radius 2 is 2.00 bits per heavy atom. The molecule has 2 aliphatic heterocycles. The maximum Gasteiger partial charge on any atom is 0.259 e. The lowest BCUT2D eigenvalue weighted by molar-refractivity contribution is 0.0675. The molecule has 184 valence electrons. The summed E-state index contributed by atoms with van der Waals surface area (Å²) in [5, 5.41) is 5.93. The zero-order chi connectivity index (χ0) is 24.9. The highest BCUT2D eigenvalue weighted by Crippen LogP contribution is 2.30. The van der Waals surface area contributed by atoms with E-state index in [-0.39, 0.29) is 17.5 Å². The van der Waals surface area contributed by atoms with Gasteiger partial charge in [0.05, 0.1) is 28.7 Å². The van der Waals surface area contributed by atoms with Gasteiger partial charge >= 0.3 is 0 Å². The van der Waals surface area contributed by atoms with E-state index in [1.807, 2.05) is 43.7 Å². The van der Waals surface area contributed by atoms with Crippen LogP contribution in [-0.2, 0) is 4.74 Å². The number of ether oxygens (including phenoxy) is 1. The summed E-state index contributed by atoms with van der Waals surface area (Å²) in [6.45, 7) is 7.72. The summed E-state index contributed by atoms with van der Waals surface area (Å²) in [4.78, 5) is 35.1. The molecule has 0 saturated carbocycles. The van der Waals surface area contributed by atoms with E-state index >= 15 is 0 Å². The van der Waals surface area contributed by atoms with E-state index < -0.39 is 0 Å². The highest BCUT2D eigenvalue weighted by molar-refractivity contribution is 6.07. The first-order chi connectivity index (χ1) is 17.0. The van der Waals surface area contributed by atoms with Crippen molar-refractivity contribution in [3.05, 3.63) is 63.7 Å². The number of likely N-dealkylation sites (N-methyl/N-ethyl adjacent to an activating group) is 1. The van der Waals surface area contributed by atoms with Crippen LogP contribution in [0.1, 0.15) is 55.1 Å². The maximum absolute atomic E-state index is 13.4. The highest BCUT2D eigenvalue weighted by atomic mass is 16.5. The van der Waals surface area contributed by atoms with E-state index in [0.29, 0.717) is 36.2 Å². The number of amides is 1. The normalized spacial score (nSPS) is 16.1. The van der Waals surface area contributed by atoms with Gasteiger partial charge < -0.3 is 14.6 Å². The van der Waals surface area contributed by atoms with Gasteiger partial charge in [-0.05, 0) is 49.5 Å². The Morgan fingerprint density at radius 3 is 2.77 bits per heavy atom. The molecule has 2 aliphatic rings. The standard InChI is InChI=1S/C25H27N5O3.C2H6/c1-16-11-22-20(12-19(16)25(32)29(2)15-17-5-3-4-8-26-13-17)23-21(24(31)28-22)14-27-30(23)18-6-9-33-10-7-18;1-2/h4-5,8,11-14,18H,3,6-7,9-10,15H2,1-2H3,(H,28,31);1-2H3. The largest absolute Gasteiger partial charge is 0.381 e. The maximum atomic E-state index is 13.4. The number of aryl methyl sites for hydroxylation is 1. The molecule has 1 amide bonds. The number of hydrogen-bond donors (Lipinski definition) is 1. The second-order valence-electron chi connectivity index (χ2n) is 8.70. The van der Waals surface area contributed by atoms with Gasteiger partial charge in [0, 0.05) is 50.2 Å². The Hall–Kier alpha value is -3.52. The van der Waals surface area contributed by atoms with Crippen LogP contribution in [0.5, 0.6) is 0 Å². The van der Waals surface area contributed by atoms with Crippen molar-refractivity contribution in [3.8, 4) is 0 Å². The number of aromatic nitrogens is 3. The monoisotopic (exact) mass is 475 g/mol. The molecule has 3 aromatic rings. The van der Waals surface area contributed by atoms with E-state index in [2.05, 4.69) is 21.2 Å². The summed E-state index contributed by atoms with van der Waals surface area (Å²) in [5.41, 5.74) is 3.75. The van der Waals surface area contributed by atoms with Gasteiger partial charge in [-0.1, -0.05) is 26.0 Å². The van der Waals surface area contributed by atoms with Crippen LogP contribution in [0, 0.1) is 6.92 Å². The van der Waals surface area contributed by atoms with Crippen LogP contribution in [0.15, 0.2) is 52.0 Å². The van der Waals surface area contributed by atoms with Crippen LogP contribution in [-0.4, -0.2) is 58.6 Å². The van der Waals surface area contributed by atoms with Crippen molar-refractivity contribution in [3.63, 3.8) is 0 Å². The van der Waals surface area contributed by atoms with E-state index in [4.69, 9.17) is 4.74 Å². The van der Waals surface area contributed by atoms with Crippen molar-refractivity contribution in [1.82, 2.24) is 19.7 Å². The summed E-state index contributed by atoms with van der Waals surface area (Å²) >= 11 is 0. The molecule has 0 aliphatic carbocycles. The first-order valence-electron chi connectivity index (χ1n) is 12.3. The van der Waals surface area contributed by atoms with Crippen LogP contribution < -0.4 is 5.56 Å². The zero-order valence-corrected chi connectivity index (χ0v) is 20.9. The fourth-order valence-electron chi connectivity index (χ4n) is 4.62. The minimum Gasteiger partial charge on any atom is -0.381 e. The number of carbonyl (C=O) groups is 1. The number of H-pyrrole nitrogens is 1. The molecule has 0 atom stereocenters. The Kier molecular flexibility index (Phi) is 7.60. The minimum absolute atomic E-state index is 0.0719. The molecule has 0 bridgehead atoms. The van der Waals surface area contributed by atoms with Crippen LogP contribution in [0.2, 0.25) is 0 Å². The van der Waals surface area contributed by atoms with Gasteiger partial charge in [0.25, 0.3) is 11.5 Å². The Labute approximate surface area is 205 Å². The number of aliphatic imine (C=N–C) groups is 1. The molecule has 4 heterocycles. The smallest absolute Gasteiger partial charge is 0.259 e. The lowest BCUT2D eigenvalue weighted by atomic mass is 10.0. The summed E-state index contributed by atoms with van der Waals surface area (Å²) in [6, 6.07) is 3.95. The Morgan fingerprint density at radius 1 is 1.23 bits per heavy atom. The number of pyridine rings is 1. The first kappa shape index (κ1) is 24.6. The molecule has 35 heavy (non-hydrogen) atoms. The predicted molar refractivity (Wildman–Crippen MR) is 140 cm³/mol. The van der Waals surface area contributed by atoms with Gasteiger partial charge in [-0.2, -0.15) is 5.10 Å². The molecule has 2 aromatic heterocycles. The first-order valence-corrected chi connectivity index (χ1v) is 12.3. The number of hydrogen-bond acceptors (Lipinski definition) is 5. The van der Waals surface area contributed by atoms with Gasteiger partial charge in [0.15, 0.2) is 0 Å². The van der Waals surface area contributed by atoms with Crippen molar-refractivity contribution in [2.75, 3.05) is 26.8 Å². The van der Waals surface area contributed by atoms with E-state index in [1.54, 1.807) is 30.6 Å². The van der Waals surface area contributed by atoms with Gasteiger partial charge in [-0.25, -0.2) is 0 Å². The molecule has 1 fully saturated rings. The van der Waals surface area contributed by atoms with Crippen molar-refractivity contribution in [1.29, 1.82) is 0 Å². The topological polar surface area (TPSA) is 92.6 Å². The Balaban J connectivity index is 0.00000141. The molecule has 1 aromatic carbocycles. The fourth-order valence-corrected chi connectivity index (χ4v) is 4.62. The third-order valence-corrected chi connectivity index (χ3v) is 6.39. The van der Waals surface area contributed by atoms with E-state index in [9.17, 15) is 9.59 Å². The van der Waals surface area contributed by atoms with Gasteiger partial charge in [0.2, 0.25) is 0 Å². The van der Waals surface area contributed by atoms with Crippen LogP contribution in [0.25, 0.3) is 21.8 Å². The number of aromatic amines is 1. The lowest BCUT2D eigenvalue weighted by Gasteiger charge is -2.23. The minimum atomic E-state index is -0.167. The third-order valence-electron chi connectivity index (χ3n) is 6.39. The molecule has 5 rings (SSSR count). The quantitative estimate of drug-likeness (QED) is 0.599. The van der Waals surface area contributed by atoms with Gasteiger partial charge in [-0.15, -0.1) is 0 Å². The SMILES string of the molecule is CC.Cc1cc2[nH]c(=O)c3cnn(C4CCOCC4)c3c2cc1C(=O)N(C)CC1=CCC=CN=C1. The number of fused-ring (bicyclic) bond motifs is 3. The van der Waals surface area contributed by atoms with E-state index in [1.165, 1.54) is 0 Å². The zero-order valence-electron chi connectivity index (χ0n) is 20.9. The summed E-state index contributed by atoms with van der Waals surface area (Å²) in [7, 11) is 1.80. The van der Waals surface area contributed by atoms with Crippen molar-refractivity contribution < 1.29 is 9.53 Å². The van der Waals surface area contributed by atoms with E-state index in [0.717, 1.165) is 41.3 Å². The molecule has 1 N–H and O–H groups in total. The van der Waals surface area contributed by atoms with Crippen LogP contribution in [0.4, 0.5) is 0 Å². The number of carbonyl (C=O) groups excluding carboxylic acids is 1. The van der Waals surface area contributed by atoms with Crippen molar-refractivity contribution in [2.24, 2.45) is 4.99 Å². The second kappa shape index (κ2) is 10.8. The fraction of sp³-hybridized carbons (Fsp3) is 0.407. The summed E-state index contributed by atoms with van der Waals surface area (Å²) in [6.07, 6.45) is 11.7.